The normalized spacial score (nSPS) is 16.7. The predicted molar refractivity (Wildman–Crippen MR) is 74.0 cm³/mol. The molecule has 0 spiro atoms. The second kappa shape index (κ2) is 4.27. The van der Waals surface area contributed by atoms with Crippen molar-refractivity contribution >= 4 is 11.9 Å². The molecule has 0 aliphatic carbocycles. The number of ketones is 1. The van der Waals surface area contributed by atoms with Gasteiger partial charge in [-0.15, -0.1) is 0 Å². The molecular formula is C16H20O2. The van der Waals surface area contributed by atoms with Crippen LogP contribution in [0.1, 0.15) is 43.0 Å². The number of rotatable bonds is 2. The number of carbonyl (C=O) groups excluding carboxylic acids is 1. The first-order valence-corrected chi connectivity index (χ1v) is 6.31. The quantitative estimate of drug-likeness (QED) is 0.743. The van der Waals surface area contributed by atoms with Gasteiger partial charge in [-0.2, -0.15) is 0 Å². The Kier molecular flexibility index (Phi) is 3.05. The molecular weight excluding hydrogens is 224 g/mol. The van der Waals surface area contributed by atoms with Gasteiger partial charge < -0.3 is 4.74 Å². The third-order valence-corrected chi connectivity index (χ3v) is 3.45. The Labute approximate surface area is 109 Å². The molecule has 0 amide bonds. The van der Waals surface area contributed by atoms with Crippen LogP contribution in [-0.2, 0) is 11.2 Å². The molecule has 0 atom stereocenters. The first-order chi connectivity index (χ1) is 8.30. The number of fused-ring (bicyclic) bond motifs is 1. The Balaban J connectivity index is 2.49. The molecule has 0 N–H and O–H groups in total. The van der Waals surface area contributed by atoms with Crippen molar-refractivity contribution in [2.75, 3.05) is 0 Å². The lowest BCUT2D eigenvalue weighted by Gasteiger charge is -2.18. The Morgan fingerprint density at radius 2 is 2.00 bits per heavy atom. The maximum Gasteiger partial charge on any atom is 0.152 e. The molecule has 1 aromatic carbocycles. The number of ether oxygens (including phenoxy) is 1. The van der Waals surface area contributed by atoms with Gasteiger partial charge >= 0.3 is 0 Å². The lowest BCUT2D eigenvalue weighted by atomic mass is 9.94. The molecule has 0 radical (unpaired) electrons. The molecule has 0 saturated heterocycles. The van der Waals surface area contributed by atoms with Gasteiger partial charge in [0.15, 0.2) is 5.78 Å². The fourth-order valence-corrected chi connectivity index (χ4v) is 2.41. The van der Waals surface area contributed by atoms with Crippen LogP contribution in [-0.4, -0.2) is 11.4 Å². The van der Waals surface area contributed by atoms with Crippen LogP contribution >= 0.6 is 0 Å². The molecule has 0 unspecified atom stereocenters. The summed E-state index contributed by atoms with van der Waals surface area (Å²) in [6.45, 7) is 9.93. The van der Waals surface area contributed by atoms with Crippen LogP contribution < -0.4 is 4.74 Å². The predicted octanol–water partition coefficient (Wildman–Crippen LogP) is 3.62. The van der Waals surface area contributed by atoms with Crippen molar-refractivity contribution in [1.82, 2.24) is 0 Å². The molecule has 0 saturated carbocycles. The first kappa shape index (κ1) is 12.9. The van der Waals surface area contributed by atoms with E-state index in [0.29, 0.717) is 0 Å². The largest absolute Gasteiger partial charge is 0.487 e. The van der Waals surface area contributed by atoms with Crippen molar-refractivity contribution in [1.29, 1.82) is 0 Å². The maximum atomic E-state index is 11.0. The average Bonchev–Trinajstić information content (AvgIpc) is 2.56. The zero-order chi connectivity index (χ0) is 13.5. The van der Waals surface area contributed by atoms with E-state index in [0.717, 1.165) is 17.7 Å². The Morgan fingerprint density at radius 3 is 2.61 bits per heavy atom. The van der Waals surface area contributed by atoms with E-state index in [1.165, 1.54) is 16.7 Å². The second-order valence-electron chi connectivity index (χ2n) is 5.69. The van der Waals surface area contributed by atoms with Crippen molar-refractivity contribution in [3.63, 3.8) is 0 Å². The van der Waals surface area contributed by atoms with E-state index in [1.807, 2.05) is 6.08 Å². The summed E-state index contributed by atoms with van der Waals surface area (Å²) in [5.74, 6) is 1.10. The summed E-state index contributed by atoms with van der Waals surface area (Å²) in [6.07, 6.45) is 4.44. The van der Waals surface area contributed by atoms with Crippen LogP contribution in [0.25, 0.3) is 6.08 Å². The van der Waals surface area contributed by atoms with Crippen molar-refractivity contribution in [2.24, 2.45) is 0 Å². The molecule has 96 valence electrons. The minimum atomic E-state index is -0.123. The maximum absolute atomic E-state index is 11.0. The molecule has 18 heavy (non-hydrogen) atoms. The van der Waals surface area contributed by atoms with Gasteiger partial charge in [-0.25, -0.2) is 0 Å². The molecule has 2 nitrogen and oxygen atoms in total. The van der Waals surface area contributed by atoms with Gasteiger partial charge in [0.1, 0.15) is 11.4 Å². The van der Waals surface area contributed by atoms with E-state index < -0.39 is 0 Å². The summed E-state index contributed by atoms with van der Waals surface area (Å²) in [5.41, 5.74) is 4.60. The monoisotopic (exact) mass is 244 g/mol. The highest BCUT2D eigenvalue weighted by molar-refractivity contribution is 5.91. The lowest BCUT2D eigenvalue weighted by Crippen LogP contribution is -2.24. The molecule has 1 aliphatic heterocycles. The SMILES string of the molecule is CC(=O)C=Cc1cc2c(c(C)c1C)OC(C)(C)C2. The molecule has 2 rings (SSSR count). The van der Waals surface area contributed by atoms with Gasteiger partial charge in [0.05, 0.1) is 0 Å². The molecule has 0 fully saturated rings. The zero-order valence-electron chi connectivity index (χ0n) is 11.8. The van der Waals surface area contributed by atoms with Crippen LogP contribution in [0.15, 0.2) is 12.1 Å². The van der Waals surface area contributed by atoms with Gasteiger partial charge in [-0.1, -0.05) is 6.08 Å². The van der Waals surface area contributed by atoms with Crippen LogP contribution in [0.2, 0.25) is 0 Å². The standard InChI is InChI=1S/C16H20O2/c1-10(17)6-7-13-8-14-9-16(4,5)18-15(14)12(3)11(13)2/h6-8H,9H2,1-5H3. The Hall–Kier alpha value is -1.57. The number of hydrogen-bond acceptors (Lipinski definition) is 2. The highest BCUT2D eigenvalue weighted by atomic mass is 16.5. The Morgan fingerprint density at radius 1 is 1.33 bits per heavy atom. The summed E-state index contributed by atoms with van der Waals surface area (Å²) >= 11 is 0. The fourth-order valence-electron chi connectivity index (χ4n) is 2.41. The molecule has 1 aromatic rings. The summed E-state index contributed by atoms with van der Waals surface area (Å²) < 4.78 is 6.00. The minimum absolute atomic E-state index is 0.0733. The number of hydrogen-bond donors (Lipinski definition) is 0. The molecule has 1 aliphatic rings. The molecule has 1 heterocycles. The van der Waals surface area contributed by atoms with E-state index in [1.54, 1.807) is 13.0 Å². The van der Waals surface area contributed by atoms with Crippen molar-refractivity contribution in [2.45, 2.75) is 46.6 Å². The van der Waals surface area contributed by atoms with Gasteiger partial charge in [-0.3, -0.25) is 4.79 Å². The lowest BCUT2D eigenvalue weighted by molar-refractivity contribution is -0.112. The topological polar surface area (TPSA) is 26.3 Å². The molecule has 0 aromatic heterocycles. The van der Waals surface area contributed by atoms with E-state index in [4.69, 9.17) is 4.74 Å². The number of benzene rings is 1. The van der Waals surface area contributed by atoms with Crippen LogP contribution in [0.4, 0.5) is 0 Å². The van der Waals surface area contributed by atoms with Crippen LogP contribution in [0.3, 0.4) is 0 Å². The third kappa shape index (κ3) is 2.33. The summed E-state index contributed by atoms with van der Waals surface area (Å²) in [6, 6.07) is 2.14. The Bertz CT molecular complexity index is 537. The smallest absolute Gasteiger partial charge is 0.152 e. The fraction of sp³-hybridized carbons (Fsp3) is 0.438. The van der Waals surface area contributed by atoms with Crippen molar-refractivity contribution < 1.29 is 9.53 Å². The highest BCUT2D eigenvalue weighted by Gasteiger charge is 2.32. The van der Waals surface area contributed by atoms with Crippen LogP contribution in [0.5, 0.6) is 5.75 Å². The third-order valence-electron chi connectivity index (χ3n) is 3.45. The number of allylic oxidation sites excluding steroid dienone is 1. The van der Waals surface area contributed by atoms with Gasteiger partial charge in [0.25, 0.3) is 0 Å². The molecule has 0 bridgehead atoms. The minimum Gasteiger partial charge on any atom is -0.487 e. The number of carbonyl (C=O) groups is 1. The zero-order valence-corrected chi connectivity index (χ0v) is 11.8. The second-order valence-corrected chi connectivity index (χ2v) is 5.69. The summed E-state index contributed by atoms with van der Waals surface area (Å²) in [4.78, 5) is 11.0. The average molecular weight is 244 g/mol. The van der Waals surface area contributed by atoms with Gasteiger partial charge in [0, 0.05) is 6.42 Å². The van der Waals surface area contributed by atoms with Crippen molar-refractivity contribution in [3.8, 4) is 5.75 Å². The van der Waals surface area contributed by atoms with Gasteiger partial charge in [0.2, 0.25) is 0 Å². The summed E-state index contributed by atoms with van der Waals surface area (Å²) in [5, 5.41) is 0. The van der Waals surface area contributed by atoms with E-state index in [9.17, 15) is 4.79 Å². The van der Waals surface area contributed by atoms with Crippen molar-refractivity contribution in [3.05, 3.63) is 34.4 Å². The van der Waals surface area contributed by atoms with E-state index >= 15 is 0 Å². The van der Waals surface area contributed by atoms with Crippen LogP contribution in [0, 0.1) is 13.8 Å². The molecule has 2 heteroatoms. The highest BCUT2D eigenvalue weighted by Crippen LogP contribution is 2.40. The summed E-state index contributed by atoms with van der Waals surface area (Å²) in [7, 11) is 0. The van der Waals surface area contributed by atoms with E-state index in [2.05, 4.69) is 33.8 Å². The van der Waals surface area contributed by atoms with Gasteiger partial charge in [-0.05, 0) is 69.0 Å². The first-order valence-electron chi connectivity index (χ1n) is 6.31. The van der Waals surface area contributed by atoms with E-state index in [-0.39, 0.29) is 11.4 Å².